The van der Waals surface area contributed by atoms with Gasteiger partial charge in [0.25, 0.3) is 0 Å². The van der Waals surface area contributed by atoms with Crippen LogP contribution in [0, 0.1) is 31.1 Å². The summed E-state index contributed by atoms with van der Waals surface area (Å²) in [6.45, 7) is 0. The zero-order valence-corrected chi connectivity index (χ0v) is 74.8. The van der Waals surface area contributed by atoms with E-state index in [1.165, 1.54) is 0 Å². The summed E-state index contributed by atoms with van der Waals surface area (Å²) in [5.41, 5.74) is 0. The molecule has 0 nitrogen and oxygen atoms in total. The summed E-state index contributed by atoms with van der Waals surface area (Å²) in [5.74, 6) is 0. The second-order valence-corrected chi connectivity index (χ2v) is 0. The third-order valence-electron chi connectivity index (χ3n) is 0. The van der Waals surface area contributed by atoms with Crippen molar-refractivity contribution in [1.82, 2.24) is 0 Å². The molecule has 0 aliphatic heterocycles. The largest absolute Gasteiger partial charge is 0 e. The van der Waals surface area contributed by atoms with E-state index in [0.29, 0.717) is 0 Å². The van der Waals surface area contributed by atoms with Gasteiger partial charge in [0.2, 0.25) is 0 Å². The van der Waals surface area contributed by atoms with E-state index in [9.17, 15) is 0 Å². The van der Waals surface area contributed by atoms with Gasteiger partial charge in [0, 0.05) is 905 Å². The summed E-state index contributed by atoms with van der Waals surface area (Å²) in [6.07, 6.45) is 0. The molecule has 21 valence electrons. The van der Waals surface area contributed by atoms with Crippen LogP contribution in [0.1, 0.15) is 0 Å². The van der Waals surface area contributed by atoms with Crippen molar-refractivity contribution < 1.29 is 31.1 Å². The molecule has 0 saturated heterocycles. The molecule has 18 heavy (non-hydrogen) atoms. The van der Waals surface area contributed by atoms with Gasteiger partial charge in [-0.15, -0.1) is 0 Å². The molecule has 17 radical (unpaired) electrons. The van der Waals surface area contributed by atoms with Gasteiger partial charge in [-0.25, -0.2) is 0 Å². The van der Waals surface area contributed by atoms with Crippen molar-refractivity contribution in [2.45, 2.75) is 0 Å². The summed E-state index contributed by atoms with van der Waals surface area (Å²) in [5, 5.41) is 0. The maximum absolute atomic E-state index is 0. The van der Waals surface area contributed by atoms with Crippen LogP contribution in [0.4, 0.5) is 0 Å². The Morgan fingerprint density at radius 3 is 0.111 bits per heavy atom. The Morgan fingerprint density at radius 2 is 0.111 bits per heavy atom. The van der Waals surface area contributed by atoms with Gasteiger partial charge in [-0.05, 0) is 0 Å². The molecule has 0 aromatic rings. The van der Waals surface area contributed by atoms with Crippen LogP contribution in [0.2, 0.25) is 0 Å². The van der Waals surface area contributed by atoms with Crippen molar-refractivity contribution in [3.8, 4) is 0 Å². The molecular formula is K17U. The van der Waals surface area contributed by atoms with E-state index in [1.54, 1.807) is 0 Å². The molecule has 0 unspecified atom stereocenters. The minimum Gasteiger partial charge on any atom is 0 e. The summed E-state index contributed by atoms with van der Waals surface area (Å²) in [7, 11) is 0. The van der Waals surface area contributed by atoms with E-state index in [1.807, 2.05) is 0 Å². The number of hydrogen-bond acceptors (Lipinski definition) is 0. The monoisotopic (exact) mass is 900 g/mol. The molecule has 18 heteroatoms. The van der Waals surface area contributed by atoms with Crippen molar-refractivity contribution in [2.24, 2.45) is 0 Å². The van der Waals surface area contributed by atoms with Gasteiger partial charge in [-0.3, -0.25) is 0 Å². The average molecular weight is 903 g/mol. The second-order valence-electron chi connectivity index (χ2n) is 0. The molecule has 0 aromatic carbocycles. The van der Waals surface area contributed by atoms with Crippen molar-refractivity contribution in [2.75, 3.05) is 0 Å². The van der Waals surface area contributed by atoms with Gasteiger partial charge in [0.15, 0.2) is 0 Å². The van der Waals surface area contributed by atoms with Gasteiger partial charge < -0.3 is 0 Å². The Kier molecular flexibility index (Phi) is 728. The van der Waals surface area contributed by atoms with Gasteiger partial charge in [-0.1, -0.05) is 0 Å². The fraction of sp³-hybridized carbons (Fsp3) is 0. The Balaban J connectivity index is 0. The molecule has 0 spiro atoms. The van der Waals surface area contributed by atoms with E-state index < -0.39 is 0 Å². The quantitative estimate of drug-likeness (QED) is 0.213. The Bertz CT molecular complexity index is 5.57. The van der Waals surface area contributed by atoms with Crippen molar-refractivity contribution in [3.05, 3.63) is 0 Å². The third-order valence-corrected chi connectivity index (χ3v) is 0. The maximum Gasteiger partial charge on any atom is 0 e. The number of hydrogen-bond donors (Lipinski definition) is 0. The van der Waals surface area contributed by atoms with Gasteiger partial charge >= 0.3 is 0 Å². The van der Waals surface area contributed by atoms with E-state index in [2.05, 4.69) is 0 Å². The summed E-state index contributed by atoms with van der Waals surface area (Å²) >= 11 is 0. The Morgan fingerprint density at radius 1 is 0.111 bits per heavy atom. The van der Waals surface area contributed by atoms with Crippen molar-refractivity contribution in [1.29, 1.82) is 0 Å². The zero-order chi connectivity index (χ0) is 0. The maximum atomic E-state index is 0. The second kappa shape index (κ2) is 111. The molecule has 0 aliphatic rings. The molecular weight excluding hydrogens is 903 g/mol. The van der Waals surface area contributed by atoms with E-state index in [0.717, 1.165) is 0 Å². The molecule has 0 amide bonds. The summed E-state index contributed by atoms with van der Waals surface area (Å²) in [6, 6.07) is 0. The van der Waals surface area contributed by atoms with Crippen LogP contribution in [0.15, 0.2) is 0 Å². The fourth-order valence-corrected chi connectivity index (χ4v) is 0. The third kappa shape index (κ3) is 104. The van der Waals surface area contributed by atoms with Crippen LogP contribution in [-0.4, -0.2) is 874 Å². The van der Waals surface area contributed by atoms with Crippen LogP contribution >= 0.6 is 0 Å². The van der Waals surface area contributed by atoms with E-state index in [-0.39, 0.29) is 905 Å². The van der Waals surface area contributed by atoms with Gasteiger partial charge in [0.05, 0.1) is 0 Å². The van der Waals surface area contributed by atoms with Crippen molar-refractivity contribution >= 4 is 874 Å². The Hall–Kier alpha value is 28.9. The van der Waals surface area contributed by atoms with Crippen LogP contribution in [0.3, 0.4) is 0 Å². The van der Waals surface area contributed by atoms with Crippen LogP contribution < -0.4 is 0 Å². The van der Waals surface area contributed by atoms with Gasteiger partial charge in [-0.2, -0.15) is 0 Å². The van der Waals surface area contributed by atoms with Crippen LogP contribution in [0.25, 0.3) is 0 Å². The molecule has 0 saturated carbocycles. The van der Waals surface area contributed by atoms with Crippen LogP contribution in [-0.2, 0) is 0 Å². The smallest absolute Gasteiger partial charge is 0 e. The SMILES string of the molecule is [K].[K].[K].[K].[K].[K].[K].[K].[K].[K].[K].[K].[K].[K].[K].[K].[K].[U]. The predicted octanol–water partition coefficient (Wildman–Crippen LogP) is -6.47. The molecule has 0 fully saturated rings. The van der Waals surface area contributed by atoms with E-state index >= 15 is 0 Å². The normalized spacial score (nSPS) is 0. The molecule has 0 heterocycles. The number of rotatable bonds is 0. The molecule has 0 bridgehead atoms. The van der Waals surface area contributed by atoms with E-state index in [4.69, 9.17) is 0 Å². The molecule has 0 aliphatic carbocycles. The fourth-order valence-electron chi connectivity index (χ4n) is 0. The minimum absolute atomic E-state index is 0. The molecule has 0 atom stereocenters. The van der Waals surface area contributed by atoms with Crippen molar-refractivity contribution in [3.63, 3.8) is 0 Å². The first-order valence-electron chi connectivity index (χ1n) is 0. The first-order chi connectivity index (χ1) is 0. The molecule has 0 N–H and O–H groups in total. The van der Waals surface area contributed by atoms with Gasteiger partial charge in [0.1, 0.15) is 0 Å². The topological polar surface area (TPSA) is 0 Å². The first-order valence-corrected chi connectivity index (χ1v) is 0. The summed E-state index contributed by atoms with van der Waals surface area (Å²) in [4.78, 5) is 0. The average Bonchev–Trinajstić information content (AvgIpc) is 0. The standard InChI is InChI=1S/17K.U. The Labute approximate surface area is 863 Å². The zero-order valence-electron chi connectivity index (χ0n) is 17.5. The first kappa shape index (κ1) is 118. The minimum atomic E-state index is 0. The predicted molar refractivity (Wildman–Crippen MR) is 97.8 cm³/mol. The molecule has 0 aromatic heterocycles. The van der Waals surface area contributed by atoms with Crippen LogP contribution in [0.5, 0.6) is 0 Å². The molecule has 0 rings (SSSR count). The summed E-state index contributed by atoms with van der Waals surface area (Å²) < 4.78 is 0.